The Bertz CT molecular complexity index is 483. The van der Waals surface area contributed by atoms with Gasteiger partial charge in [-0.25, -0.2) is 4.79 Å². The lowest BCUT2D eigenvalue weighted by atomic mass is 10.1. The van der Waals surface area contributed by atoms with Gasteiger partial charge in [0.25, 0.3) is 5.69 Å². The van der Waals surface area contributed by atoms with Gasteiger partial charge in [0.2, 0.25) is 0 Å². The Kier molecular flexibility index (Phi) is 4.13. The molecule has 1 rings (SSSR count). The van der Waals surface area contributed by atoms with E-state index in [1.165, 1.54) is 18.2 Å². The van der Waals surface area contributed by atoms with Crippen LogP contribution in [0.25, 0.3) is 0 Å². The van der Waals surface area contributed by atoms with Crippen molar-refractivity contribution in [2.75, 3.05) is 5.32 Å². The highest BCUT2D eigenvalue weighted by atomic mass is 35.5. The summed E-state index contributed by atoms with van der Waals surface area (Å²) >= 11 is 5.67. The quantitative estimate of drug-likeness (QED) is 0.640. The molecule has 2 amide bonds. The molecule has 0 radical (unpaired) electrons. The van der Waals surface area contributed by atoms with Crippen molar-refractivity contribution in [3.63, 3.8) is 0 Å². The summed E-state index contributed by atoms with van der Waals surface area (Å²) in [6, 6.07) is 3.55. The van der Waals surface area contributed by atoms with Crippen LogP contribution in [0.5, 0.6) is 0 Å². The zero-order valence-electron chi connectivity index (χ0n) is 10.3. The maximum absolute atomic E-state index is 11.6. The zero-order chi connectivity index (χ0) is 13.9. The molecule has 0 spiro atoms. The molecule has 2 N–H and O–H groups in total. The summed E-state index contributed by atoms with van der Waals surface area (Å²) in [5.74, 6) is 0. The number of hydrogen-bond donors (Lipinski definition) is 2. The Morgan fingerprint density at radius 3 is 2.50 bits per heavy atom. The Balaban J connectivity index is 2.91. The molecule has 0 aliphatic rings. The number of carbonyl (C=O) groups excluding carboxylic acids is 1. The summed E-state index contributed by atoms with van der Waals surface area (Å²) in [7, 11) is 0. The summed E-state index contributed by atoms with van der Waals surface area (Å²) in [5, 5.41) is 16.1. The number of nitrogens with one attached hydrogen (secondary N) is 2. The number of rotatable bonds is 2. The molecule has 98 valence electrons. The van der Waals surface area contributed by atoms with Crippen LogP contribution >= 0.6 is 11.6 Å². The number of amides is 2. The number of carbonyl (C=O) groups is 1. The van der Waals surface area contributed by atoms with Crippen LogP contribution in [0.1, 0.15) is 20.8 Å². The van der Waals surface area contributed by atoms with Gasteiger partial charge in [-0.3, -0.25) is 10.1 Å². The molecule has 0 aliphatic carbocycles. The van der Waals surface area contributed by atoms with E-state index in [-0.39, 0.29) is 16.4 Å². The van der Waals surface area contributed by atoms with Gasteiger partial charge in [0.05, 0.1) is 4.92 Å². The van der Waals surface area contributed by atoms with E-state index >= 15 is 0 Å². The standard InChI is InChI=1S/C11H14ClN3O3/c1-11(2,3)14-10(16)13-8-5-4-7(12)6-9(8)15(17)18/h4-6H,1-3H3,(H2,13,14,16). The summed E-state index contributed by atoms with van der Waals surface area (Å²) in [4.78, 5) is 21.8. The van der Waals surface area contributed by atoms with Crippen molar-refractivity contribution in [1.82, 2.24) is 5.32 Å². The van der Waals surface area contributed by atoms with Gasteiger partial charge < -0.3 is 10.6 Å². The fourth-order valence-corrected chi connectivity index (χ4v) is 1.42. The molecule has 0 bridgehead atoms. The highest BCUT2D eigenvalue weighted by Gasteiger charge is 2.19. The monoisotopic (exact) mass is 271 g/mol. The predicted octanol–water partition coefficient (Wildman–Crippen LogP) is 3.17. The molecule has 18 heavy (non-hydrogen) atoms. The van der Waals surface area contributed by atoms with Crippen LogP contribution < -0.4 is 10.6 Å². The van der Waals surface area contributed by atoms with E-state index in [1.54, 1.807) is 0 Å². The van der Waals surface area contributed by atoms with E-state index in [0.717, 1.165) is 0 Å². The maximum Gasteiger partial charge on any atom is 0.319 e. The van der Waals surface area contributed by atoms with Gasteiger partial charge in [-0.05, 0) is 32.9 Å². The molecule has 0 saturated heterocycles. The lowest BCUT2D eigenvalue weighted by Crippen LogP contribution is -2.43. The minimum Gasteiger partial charge on any atom is -0.333 e. The number of nitro benzene ring substituents is 1. The molecule has 0 unspecified atom stereocenters. The van der Waals surface area contributed by atoms with Crippen LogP contribution in [0.4, 0.5) is 16.2 Å². The molecule has 0 heterocycles. The highest BCUT2D eigenvalue weighted by molar-refractivity contribution is 6.31. The molecular weight excluding hydrogens is 258 g/mol. The first kappa shape index (κ1) is 14.2. The van der Waals surface area contributed by atoms with Crippen molar-refractivity contribution in [2.24, 2.45) is 0 Å². The first-order chi connectivity index (χ1) is 8.19. The summed E-state index contributed by atoms with van der Waals surface area (Å²) in [6.07, 6.45) is 0. The number of nitro groups is 1. The third kappa shape index (κ3) is 4.21. The molecule has 1 aromatic rings. The van der Waals surface area contributed by atoms with Gasteiger partial charge in [0.1, 0.15) is 5.69 Å². The first-order valence-electron chi connectivity index (χ1n) is 5.22. The number of urea groups is 1. The number of benzene rings is 1. The van der Waals surface area contributed by atoms with Gasteiger partial charge in [-0.15, -0.1) is 0 Å². The van der Waals surface area contributed by atoms with E-state index in [1.807, 2.05) is 20.8 Å². The molecular formula is C11H14ClN3O3. The van der Waals surface area contributed by atoms with Crippen molar-refractivity contribution in [1.29, 1.82) is 0 Å². The van der Waals surface area contributed by atoms with Crippen molar-refractivity contribution < 1.29 is 9.72 Å². The molecule has 0 atom stereocenters. The first-order valence-corrected chi connectivity index (χ1v) is 5.60. The van der Waals surface area contributed by atoms with Crippen LogP contribution in [0.3, 0.4) is 0 Å². The van der Waals surface area contributed by atoms with Gasteiger partial charge in [-0.1, -0.05) is 11.6 Å². The fraction of sp³-hybridized carbons (Fsp3) is 0.364. The van der Waals surface area contributed by atoms with E-state index in [0.29, 0.717) is 0 Å². The fourth-order valence-electron chi connectivity index (χ4n) is 1.26. The molecule has 0 fully saturated rings. The van der Waals surface area contributed by atoms with E-state index in [4.69, 9.17) is 11.6 Å². The van der Waals surface area contributed by atoms with Gasteiger partial charge >= 0.3 is 6.03 Å². The minimum absolute atomic E-state index is 0.103. The zero-order valence-corrected chi connectivity index (χ0v) is 11.0. The number of nitrogens with zero attached hydrogens (tertiary/aromatic N) is 1. The average molecular weight is 272 g/mol. The number of hydrogen-bond acceptors (Lipinski definition) is 3. The Labute approximate surface area is 109 Å². The SMILES string of the molecule is CC(C)(C)NC(=O)Nc1ccc(Cl)cc1[N+](=O)[O-]. The third-order valence-electron chi connectivity index (χ3n) is 1.89. The van der Waals surface area contributed by atoms with Crippen molar-refractivity contribution in [2.45, 2.75) is 26.3 Å². The summed E-state index contributed by atoms with van der Waals surface area (Å²) in [6.45, 7) is 5.43. The largest absolute Gasteiger partial charge is 0.333 e. The molecule has 1 aromatic carbocycles. The van der Waals surface area contributed by atoms with Crippen LogP contribution in [-0.4, -0.2) is 16.5 Å². The average Bonchev–Trinajstić information content (AvgIpc) is 2.17. The van der Waals surface area contributed by atoms with Crippen molar-refractivity contribution >= 4 is 29.0 Å². The lowest BCUT2D eigenvalue weighted by molar-refractivity contribution is -0.383. The second-order valence-electron chi connectivity index (χ2n) is 4.75. The summed E-state index contributed by atoms with van der Waals surface area (Å²) < 4.78 is 0. The Hall–Kier alpha value is -1.82. The molecule has 0 aliphatic heterocycles. The Morgan fingerprint density at radius 2 is 2.00 bits per heavy atom. The third-order valence-corrected chi connectivity index (χ3v) is 2.13. The number of anilines is 1. The van der Waals surface area contributed by atoms with Crippen LogP contribution in [-0.2, 0) is 0 Å². The van der Waals surface area contributed by atoms with Crippen LogP contribution in [0.2, 0.25) is 5.02 Å². The molecule has 7 heteroatoms. The number of halogens is 1. The van der Waals surface area contributed by atoms with Crippen LogP contribution in [0, 0.1) is 10.1 Å². The second kappa shape index (κ2) is 5.22. The minimum atomic E-state index is -0.599. The van der Waals surface area contributed by atoms with E-state index in [9.17, 15) is 14.9 Å². The smallest absolute Gasteiger partial charge is 0.319 e. The Morgan fingerprint density at radius 1 is 1.39 bits per heavy atom. The maximum atomic E-state index is 11.6. The topological polar surface area (TPSA) is 84.3 Å². The highest BCUT2D eigenvalue weighted by Crippen LogP contribution is 2.27. The van der Waals surface area contributed by atoms with Crippen molar-refractivity contribution in [3.8, 4) is 0 Å². The van der Waals surface area contributed by atoms with Crippen molar-refractivity contribution in [3.05, 3.63) is 33.3 Å². The normalized spacial score (nSPS) is 10.9. The van der Waals surface area contributed by atoms with Gasteiger partial charge in [0, 0.05) is 16.6 Å². The van der Waals surface area contributed by atoms with E-state index < -0.39 is 16.5 Å². The van der Waals surface area contributed by atoms with Gasteiger partial charge in [0.15, 0.2) is 0 Å². The molecule has 0 aromatic heterocycles. The lowest BCUT2D eigenvalue weighted by Gasteiger charge is -2.20. The molecule has 6 nitrogen and oxygen atoms in total. The van der Waals surface area contributed by atoms with Crippen LogP contribution in [0.15, 0.2) is 18.2 Å². The molecule has 0 saturated carbocycles. The second-order valence-corrected chi connectivity index (χ2v) is 5.18. The predicted molar refractivity (Wildman–Crippen MR) is 70.0 cm³/mol. The summed E-state index contributed by atoms with van der Waals surface area (Å²) in [5.41, 5.74) is -0.566. The van der Waals surface area contributed by atoms with Gasteiger partial charge in [-0.2, -0.15) is 0 Å². The van der Waals surface area contributed by atoms with E-state index in [2.05, 4.69) is 10.6 Å².